The van der Waals surface area contributed by atoms with Gasteiger partial charge in [0.25, 0.3) is 0 Å². The number of allylic oxidation sites excluding steroid dienone is 1. The standard InChI is InChI=1S/C19H15N3O4/c1-23-13-3-4-14-15(7-13)22-19(21-14)12(9-20)5-11-6-17-18(26-10-25-17)8-16(11)24-2/h3-8H,10H2,1-2H3,(H,21,22). The molecule has 1 N–H and O–H groups in total. The number of benzene rings is 2. The van der Waals surface area contributed by atoms with Crippen LogP contribution in [0, 0.1) is 11.3 Å². The van der Waals surface area contributed by atoms with Crippen molar-refractivity contribution in [2.75, 3.05) is 21.0 Å². The fraction of sp³-hybridized carbons (Fsp3) is 0.158. The predicted octanol–water partition coefficient (Wildman–Crippen LogP) is 3.37. The van der Waals surface area contributed by atoms with Gasteiger partial charge < -0.3 is 23.9 Å². The van der Waals surface area contributed by atoms with E-state index in [2.05, 4.69) is 16.0 Å². The highest BCUT2D eigenvalue weighted by atomic mass is 16.7. The molecule has 7 nitrogen and oxygen atoms in total. The maximum atomic E-state index is 9.62. The monoisotopic (exact) mass is 349 g/mol. The summed E-state index contributed by atoms with van der Waals surface area (Å²) >= 11 is 0. The van der Waals surface area contributed by atoms with Crippen LogP contribution in [0.3, 0.4) is 0 Å². The van der Waals surface area contributed by atoms with Crippen LogP contribution in [0.4, 0.5) is 0 Å². The number of rotatable bonds is 4. The van der Waals surface area contributed by atoms with Crippen molar-refractivity contribution in [3.8, 4) is 29.1 Å². The molecule has 2 heterocycles. The Morgan fingerprint density at radius 2 is 2.00 bits per heavy atom. The van der Waals surface area contributed by atoms with E-state index >= 15 is 0 Å². The fourth-order valence-electron chi connectivity index (χ4n) is 2.78. The molecule has 0 radical (unpaired) electrons. The number of hydrogen-bond acceptors (Lipinski definition) is 6. The number of aromatic nitrogens is 2. The van der Waals surface area contributed by atoms with E-state index < -0.39 is 0 Å². The van der Waals surface area contributed by atoms with Crippen LogP contribution in [-0.4, -0.2) is 31.0 Å². The Morgan fingerprint density at radius 3 is 2.73 bits per heavy atom. The Labute approximate surface area is 149 Å². The lowest BCUT2D eigenvalue weighted by molar-refractivity contribution is 0.174. The third-order valence-corrected chi connectivity index (χ3v) is 4.09. The number of nitriles is 1. The van der Waals surface area contributed by atoms with Crippen molar-refractivity contribution in [2.24, 2.45) is 0 Å². The van der Waals surface area contributed by atoms with Crippen LogP contribution in [0.5, 0.6) is 23.0 Å². The van der Waals surface area contributed by atoms with Crippen LogP contribution < -0.4 is 18.9 Å². The summed E-state index contributed by atoms with van der Waals surface area (Å²) in [5.41, 5.74) is 2.61. The van der Waals surface area contributed by atoms with Gasteiger partial charge in [0.05, 0.1) is 30.8 Å². The van der Waals surface area contributed by atoms with Gasteiger partial charge in [0.1, 0.15) is 23.4 Å². The van der Waals surface area contributed by atoms with Crippen LogP contribution in [0.2, 0.25) is 0 Å². The number of ether oxygens (including phenoxy) is 4. The molecule has 0 unspecified atom stereocenters. The lowest BCUT2D eigenvalue weighted by Crippen LogP contribution is -1.92. The minimum atomic E-state index is 0.169. The van der Waals surface area contributed by atoms with Gasteiger partial charge in [0.2, 0.25) is 6.79 Å². The number of hydrogen-bond donors (Lipinski definition) is 1. The van der Waals surface area contributed by atoms with Crippen molar-refractivity contribution in [3.63, 3.8) is 0 Å². The summed E-state index contributed by atoms with van der Waals surface area (Å²) in [7, 11) is 3.17. The van der Waals surface area contributed by atoms with Crippen molar-refractivity contribution in [1.82, 2.24) is 9.97 Å². The zero-order valence-electron chi connectivity index (χ0n) is 14.2. The van der Waals surface area contributed by atoms with Crippen LogP contribution in [0.25, 0.3) is 22.7 Å². The number of aromatic amines is 1. The molecule has 0 amide bonds. The van der Waals surface area contributed by atoms with E-state index in [0.717, 1.165) is 11.0 Å². The van der Waals surface area contributed by atoms with E-state index in [1.165, 1.54) is 0 Å². The van der Waals surface area contributed by atoms with Gasteiger partial charge in [-0.3, -0.25) is 0 Å². The first-order valence-electron chi connectivity index (χ1n) is 7.85. The topological polar surface area (TPSA) is 89.4 Å². The summed E-state index contributed by atoms with van der Waals surface area (Å²) in [5.74, 6) is 3.00. The normalized spacial score (nSPS) is 12.9. The van der Waals surface area contributed by atoms with E-state index in [9.17, 15) is 5.26 Å². The minimum Gasteiger partial charge on any atom is -0.497 e. The average Bonchev–Trinajstić information content (AvgIpc) is 3.30. The number of methoxy groups -OCH3 is 2. The lowest BCUT2D eigenvalue weighted by atomic mass is 10.1. The molecule has 2 aromatic carbocycles. The molecular weight excluding hydrogens is 334 g/mol. The molecule has 1 aliphatic rings. The molecule has 0 saturated carbocycles. The summed E-state index contributed by atoms with van der Waals surface area (Å²) < 4.78 is 21.4. The zero-order chi connectivity index (χ0) is 18.1. The lowest BCUT2D eigenvalue weighted by Gasteiger charge is -2.07. The maximum absolute atomic E-state index is 9.62. The summed E-state index contributed by atoms with van der Waals surface area (Å²) in [6, 6.07) is 11.2. The highest BCUT2D eigenvalue weighted by Crippen LogP contribution is 2.39. The van der Waals surface area contributed by atoms with E-state index in [1.807, 2.05) is 18.2 Å². The summed E-state index contributed by atoms with van der Waals surface area (Å²) in [4.78, 5) is 7.64. The number of nitrogens with zero attached hydrogens (tertiary/aromatic N) is 2. The highest BCUT2D eigenvalue weighted by Gasteiger charge is 2.18. The molecule has 0 saturated heterocycles. The van der Waals surface area contributed by atoms with Gasteiger partial charge in [-0.2, -0.15) is 5.26 Å². The second-order valence-electron chi connectivity index (χ2n) is 5.59. The predicted molar refractivity (Wildman–Crippen MR) is 95.2 cm³/mol. The Morgan fingerprint density at radius 1 is 1.19 bits per heavy atom. The molecule has 3 aromatic rings. The van der Waals surface area contributed by atoms with Crippen LogP contribution >= 0.6 is 0 Å². The third kappa shape index (κ3) is 2.67. The molecule has 0 aliphatic carbocycles. The molecule has 0 bridgehead atoms. The fourth-order valence-corrected chi connectivity index (χ4v) is 2.78. The van der Waals surface area contributed by atoms with Crippen LogP contribution in [0.15, 0.2) is 30.3 Å². The average molecular weight is 349 g/mol. The van der Waals surface area contributed by atoms with E-state index in [1.54, 1.807) is 32.4 Å². The van der Waals surface area contributed by atoms with E-state index in [-0.39, 0.29) is 6.79 Å². The molecule has 0 atom stereocenters. The van der Waals surface area contributed by atoms with Crippen LogP contribution in [-0.2, 0) is 0 Å². The minimum absolute atomic E-state index is 0.169. The van der Waals surface area contributed by atoms with Crippen molar-refractivity contribution in [1.29, 1.82) is 5.26 Å². The molecule has 7 heteroatoms. The second kappa shape index (κ2) is 6.33. The molecular formula is C19H15N3O4. The number of nitrogens with one attached hydrogen (secondary N) is 1. The Bertz CT molecular complexity index is 1060. The van der Waals surface area contributed by atoms with Gasteiger partial charge in [-0.05, 0) is 24.3 Å². The second-order valence-corrected chi connectivity index (χ2v) is 5.59. The molecule has 0 fully saturated rings. The highest BCUT2D eigenvalue weighted by molar-refractivity contribution is 5.91. The zero-order valence-corrected chi connectivity index (χ0v) is 14.2. The van der Waals surface area contributed by atoms with Crippen molar-refractivity contribution < 1.29 is 18.9 Å². The smallest absolute Gasteiger partial charge is 0.231 e. The molecule has 26 heavy (non-hydrogen) atoms. The largest absolute Gasteiger partial charge is 0.497 e. The number of fused-ring (bicyclic) bond motifs is 2. The first kappa shape index (κ1) is 15.8. The molecule has 0 spiro atoms. The van der Waals surface area contributed by atoms with Crippen molar-refractivity contribution >= 4 is 22.7 Å². The summed E-state index contributed by atoms with van der Waals surface area (Å²) in [5, 5.41) is 9.62. The van der Waals surface area contributed by atoms with Gasteiger partial charge in [0.15, 0.2) is 11.5 Å². The van der Waals surface area contributed by atoms with E-state index in [4.69, 9.17) is 18.9 Å². The Kier molecular flexibility index (Phi) is 3.86. The van der Waals surface area contributed by atoms with Gasteiger partial charge in [-0.25, -0.2) is 4.98 Å². The maximum Gasteiger partial charge on any atom is 0.231 e. The number of imidazole rings is 1. The quantitative estimate of drug-likeness (QED) is 0.726. The van der Waals surface area contributed by atoms with Crippen molar-refractivity contribution in [2.45, 2.75) is 0 Å². The Hall–Kier alpha value is -3.66. The molecule has 1 aliphatic heterocycles. The van der Waals surface area contributed by atoms with E-state index in [0.29, 0.717) is 40.0 Å². The third-order valence-electron chi connectivity index (χ3n) is 4.09. The van der Waals surface area contributed by atoms with Gasteiger partial charge in [-0.1, -0.05) is 0 Å². The van der Waals surface area contributed by atoms with Gasteiger partial charge >= 0.3 is 0 Å². The van der Waals surface area contributed by atoms with Gasteiger partial charge in [0, 0.05) is 17.7 Å². The first-order valence-corrected chi connectivity index (χ1v) is 7.85. The summed E-state index contributed by atoms with van der Waals surface area (Å²) in [6.45, 7) is 0.169. The van der Waals surface area contributed by atoms with Gasteiger partial charge in [-0.15, -0.1) is 0 Å². The van der Waals surface area contributed by atoms with Crippen molar-refractivity contribution in [3.05, 3.63) is 41.7 Å². The molecule has 1 aromatic heterocycles. The SMILES string of the molecule is COc1ccc2nc(C(C#N)=Cc3cc4c(cc3OC)OCO4)[nH]c2c1. The Balaban J connectivity index is 1.79. The molecule has 130 valence electrons. The summed E-state index contributed by atoms with van der Waals surface area (Å²) in [6.07, 6.45) is 1.70. The molecule has 4 rings (SSSR count). The number of H-pyrrole nitrogens is 1. The first-order chi connectivity index (χ1) is 12.7. The van der Waals surface area contributed by atoms with Crippen LogP contribution in [0.1, 0.15) is 11.4 Å².